The number of hydrogen-bond acceptors (Lipinski definition) is 3. The number of rotatable bonds is 2. The number of carbonyl (C=O) groups is 1. The molecule has 0 spiro atoms. The number of ketones is 1. The van der Waals surface area contributed by atoms with Gasteiger partial charge in [-0.25, -0.2) is 0 Å². The number of carbonyl (C=O) groups excluding carboxylic acids is 1. The molecule has 2 bridgehead atoms. The lowest BCUT2D eigenvalue weighted by molar-refractivity contribution is -0.145. The largest absolute Gasteiger partial charge is 0.380 e. The molecule has 2 fully saturated rings. The standard InChI is InChI=1S/C14H17NO2/c16-14-12-7-15(8-13(14)10-17-9-12)6-11-4-2-1-3-5-11/h1-5,12-13H,6-10H2/t12-,13-/m0/s1. The number of benzene rings is 1. The minimum absolute atomic E-state index is 0.103. The monoisotopic (exact) mass is 231 g/mol. The average molecular weight is 231 g/mol. The third-order valence-electron chi connectivity index (χ3n) is 3.65. The Bertz CT molecular complexity index is 388. The summed E-state index contributed by atoms with van der Waals surface area (Å²) in [5.74, 6) is 0.623. The number of nitrogens with zero attached hydrogens (tertiary/aromatic N) is 1. The second kappa shape index (κ2) is 4.59. The van der Waals surface area contributed by atoms with Gasteiger partial charge in [-0.1, -0.05) is 30.3 Å². The van der Waals surface area contributed by atoms with Crippen molar-refractivity contribution in [2.45, 2.75) is 6.54 Å². The van der Waals surface area contributed by atoms with Gasteiger partial charge < -0.3 is 4.74 Å². The van der Waals surface area contributed by atoms with Gasteiger partial charge in [0.15, 0.2) is 0 Å². The number of ether oxygens (including phenoxy) is 1. The van der Waals surface area contributed by atoms with Gasteiger partial charge in [0, 0.05) is 19.6 Å². The highest BCUT2D eigenvalue weighted by atomic mass is 16.5. The van der Waals surface area contributed by atoms with Crippen LogP contribution in [0.2, 0.25) is 0 Å². The van der Waals surface area contributed by atoms with Gasteiger partial charge in [0.1, 0.15) is 5.78 Å². The van der Waals surface area contributed by atoms with E-state index in [9.17, 15) is 4.79 Å². The van der Waals surface area contributed by atoms with Gasteiger partial charge >= 0.3 is 0 Å². The van der Waals surface area contributed by atoms with E-state index in [0.29, 0.717) is 19.0 Å². The molecule has 1 aromatic rings. The zero-order valence-electron chi connectivity index (χ0n) is 9.84. The maximum Gasteiger partial charge on any atom is 0.146 e. The minimum atomic E-state index is 0.103. The summed E-state index contributed by atoms with van der Waals surface area (Å²) >= 11 is 0. The lowest BCUT2D eigenvalue weighted by atomic mass is 9.86. The van der Waals surface area contributed by atoms with Gasteiger partial charge in [0.2, 0.25) is 0 Å². The highest BCUT2D eigenvalue weighted by molar-refractivity contribution is 5.85. The molecular weight excluding hydrogens is 214 g/mol. The molecule has 0 saturated carbocycles. The molecule has 0 unspecified atom stereocenters. The van der Waals surface area contributed by atoms with Gasteiger partial charge in [-0.2, -0.15) is 0 Å². The predicted molar refractivity (Wildman–Crippen MR) is 64.5 cm³/mol. The molecule has 0 amide bonds. The molecular formula is C14H17NO2. The Morgan fingerprint density at radius 3 is 2.41 bits per heavy atom. The molecule has 2 saturated heterocycles. The molecule has 3 heteroatoms. The van der Waals surface area contributed by atoms with E-state index in [1.807, 2.05) is 6.07 Å². The van der Waals surface area contributed by atoms with Crippen molar-refractivity contribution in [2.75, 3.05) is 26.3 Å². The van der Waals surface area contributed by atoms with Crippen LogP contribution in [0.25, 0.3) is 0 Å². The zero-order chi connectivity index (χ0) is 11.7. The van der Waals surface area contributed by atoms with Gasteiger partial charge in [-0.3, -0.25) is 9.69 Å². The zero-order valence-corrected chi connectivity index (χ0v) is 9.84. The van der Waals surface area contributed by atoms with Crippen molar-refractivity contribution in [3.05, 3.63) is 35.9 Å². The van der Waals surface area contributed by atoms with Gasteiger partial charge in [0.05, 0.1) is 25.0 Å². The van der Waals surface area contributed by atoms with Crippen molar-refractivity contribution in [3.8, 4) is 0 Å². The summed E-state index contributed by atoms with van der Waals surface area (Å²) in [5, 5.41) is 0. The molecule has 0 N–H and O–H groups in total. The Morgan fingerprint density at radius 2 is 1.76 bits per heavy atom. The quantitative estimate of drug-likeness (QED) is 0.769. The summed E-state index contributed by atoms with van der Waals surface area (Å²) < 4.78 is 5.46. The Kier molecular flexibility index (Phi) is 2.95. The van der Waals surface area contributed by atoms with Crippen molar-refractivity contribution in [2.24, 2.45) is 11.8 Å². The van der Waals surface area contributed by atoms with Crippen LogP contribution in [0.3, 0.4) is 0 Å². The molecule has 2 heterocycles. The third-order valence-corrected chi connectivity index (χ3v) is 3.65. The van der Waals surface area contributed by atoms with Crippen molar-refractivity contribution < 1.29 is 9.53 Å². The first-order chi connectivity index (χ1) is 8.33. The fourth-order valence-electron chi connectivity index (χ4n) is 2.80. The Labute approximate surface area is 101 Å². The van der Waals surface area contributed by atoms with E-state index in [1.165, 1.54) is 5.56 Å². The lowest BCUT2D eigenvalue weighted by Crippen LogP contribution is -2.52. The van der Waals surface area contributed by atoms with Gasteiger partial charge in [0.25, 0.3) is 0 Å². The van der Waals surface area contributed by atoms with Crippen molar-refractivity contribution in [1.82, 2.24) is 4.90 Å². The van der Waals surface area contributed by atoms with Crippen LogP contribution in [0.4, 0.5) is 0 Å². The van der Waals surface area contributed by atoms with E-state index in [1.54, 1.807) is 0 Å². The maximum atomic E-state index is 11.9. The first-order valence-electron chi connectivity index (χ1n) is 6.20. The molecule has 3 rings (SSSR count). The highest BCUT2D eigenvalue weighted by Crippen LogP contribution is 2.24. The molecule has 3 nitrogen and oxygen atoms in total. The predicted octanol–water partition coefficient (Wildman–Crippen LogP) is 1.33. The third kappa shape index (κ3) is 2.26. The van der Waals surface area contributed by atoms with Crippen molar-refractivity contribution in [1.29, 1.82) is 0 Å². The molecule has 0 aliphatic carbocycles. The summed E-state index contributed by atoms with van der Waals surface area (Å²) in [6, 6.07) is 10.4. The first kappa shape index (κ1) is 10.9. The van der Waals surface area contributed by atoms with Crippen LogP contribution in [0, 0.1) is 11.8 Å². The summed E-state index contributed by atoms with van der Waals surface area (Å²) in [6.07, 6.45) is 0. The van der Waals surface area contributed by atoms with E-state index in [-0.39, 0.29) is 11.8 Å². The van der Waals surface area contributed by atoms with Crippen LogP contribution in [-0.4, -0.2) is 37.0 Å². The normalized spacial score (nSPS) is 29.3. The Balaban J connectivity index is 1.68. The number of likely N-dealkylation sites (tertiary alicyclic amines) is 1. The van der Waals surface area contributed by atoms with E-state index >= 15 is 0 Å². The van der Waals surface area contributed by atoms with E-state index in [0.717, 1.165) is 19.6 Å². The molecule has 2 atom stereocenters. The van der Waals surface area contributed by atoms with Gasteiger partial charge in [-0.05, 0) is 5.56 Å². The van der Waals surface area contributed by atoms with Crippen LogP contribution < -0.4 is 0 Å². The summed E-state index contributed by atoms with van der Waals surface area (Å²) in [6.45, 7) is 3.87. The van der Waals surface area contributed by atoms with Crippen molar-refractivity contribution in [3.63, 3.8) is 0 Å². The second-order valence-electron chi connectivity index (χ2n) is 5.01. The summed E-state index contributed by atoms with van der Waals surface area (Å²) in [7, 11) is 0. The molecule has 0 radical (unpaired) electrons. The number of fused-ring (bicyclic) bond motifs is 2. The number of Topliss-reactive ketones (excluding diaryl/α,β-unsaturated/α-hetero) is 1. The van der Waals surface area contributed by atoms with Crippen LogP contribution >= 0.6 is 0 Å². The molecule has 17 heavy (non-hydrogen) atoms. The van der Waals surface area contributed by atoms with Crippen LogP contribution in [0.1, 0.15) is 5.56 Å². The molecule has 0 aromatic heterocycles. The smallest absolute Gasteiger partial charge is 0.146 e. The van der Waals surface area contributed by atoms with Crippen LogP contribution in [-0.2, 0) is 16.1 Å². The second-order valence-corrected chi connectivity index (χ2v) is 5.01. The average Bonchev–Trinajstić information content (AvgIpc) is 2.32. The molecule has 1 aromatic carbocycles. The van der Waals surface area contributed by atoms with E-state index in [2.05, 4.69) is 29.2 Å². The Hall–Kier alpha value is -1.19. The molecule has 2 aliphatic rings. The van der Waals surface area contributed by atoms with Crippen LogP contribution in [0.15, 0.2) is 30.3 Å². The molecule has 90 valence electrons. The minimum Gasteiger partial charge on any atom is -0.380 e. The van der Waals surface area contributed by atoms with Crippen molar-refractivity contribution >= 4 is 5.78 Å². The highest BCUT2D eigenvalue weighted by Gasteiger charge is 2.38. The topological polar surface area (TPSA) is 29.5 Å². The number of hydrogen-bond donors (Lipinski definition) is 0. The molecule has 2 aliphatic heterocycles. The van der Waals surface area contributed by atoms with Gasteiger partial charge in [-0.15, -0.1) is 0 Å². The maximum absolute atomic E-state index is 11.9. The lowest BCUT2D eigenvalue weighted by Gasteiger charge is -2.39. The fraction of sp³-hybridized carbons (Fsp3) is 0.500. The Morgan fingerprint density at radius 1 is 1.12 bits per heavy atom. The van der Waals surface area contributed by atoms with Crippen LogP contribution in [0.5, 0.6) is 0 Å². The summed E-state index contributed by atoms with van der Waals surface area (Å²) in [5.41, 5.74) is 1.32. The summed E-state index contributed by atoms with van der Waals surface area (Å²) in [4.78, 5) is 14.3. The SMILES string of the molecule is O=C1[C@@H]2COC[C@@H]1CN(Cc1ccccc1)C2. The number of piperidine rings is 1. The van der Waals surface area contributed by atoms with E-state index in [4.69, 9.17) is 4.74 Å². The van der Waals surface area contributed by atoms with E-state index < -0.39 is 0 Å². The fourth-order valence-corrected chi connectivity index (χ4v) is 2.80. The first-order valence-corrected chi connectivity index (χ1v) is 6.20.